The van der Waals surface area contributed by atoms with Crippen molar-refractivity contribution in [2.24, 2.45) is 0 Å². The number of hydrogen-bond donors (Lipinski definition) is 1. The standard InChI is InChI=1S/C23H18N4O2/c28-21(11-10-17-6-2-1-3-7-17)25-20-9-5-4-8-19(20)16-22-26-23(27-29-22)18-12-14-24-15-13-18/h1-15H,16H2,(H,25,28)/b11-10+. The highest BCUT2D eigenvalue weighted by atomic mass is 16.5. The molecule has 2 heterocycles. The molecule has 4 aromatic rings. The molecule has 0 atom stereocenters. The monoisotopic (exact) mass is 382 g/mol. The molecule has 4 rings (SSSR count). The molecule has 0 aliphatic carbocycles. The van der Waals surface area contributed by atoms with E-state index in [2.05, 4.69) is 20.4 Å². The minimum atomic E-state index is -0.204. The van der Waals surface area contributed by atoms with Gasteiger partial charge in [0.25, 0.3) is 0 Å². The maximum atomic E-state index is 12.3. The molecular formula is C23H18N4O2. The Kier molecular flexibility index (Phi) is 5.53. The first-order chi connectivity index (χ1) is 14.3. The van der Waals surface area contributed by atoms with E-state index in [9.17, 15) is 4.79 Å². The largest absolute Gasteiger partial charge is 0.339 e. The second-order valence-electron chi connectivity index (χ2n) is 6.31. The van der Waals surface area contributed by atoms with Crippen LogP contribution in [0.3, 0.4) is 0 Å². The Morgan fingerprint density at radius 3 is 2.55 bits per heavy atom. The lowest BCUT2D eigenvalue weighted by atomic mass is 10.1. The van der Waals surface area contributed by atoms with Gasteiger partial charge >= 0.3 is 0 Å². The zero-order chi connectivity index (χ0) is 19.9. The van der Waals surface area contributed by atoms with Crippen LogP contribution in [0.15, 0.2) is 89.7 Å². The number of para-hydroxylation sites is 1. The molecule has 6 heteroatoms. The van der Waals surface area contributed by atoms with E-state index in [0.717, 1.165) is 16.7 Å². The van der Waals surface area contributed by atoms with Crippen LogP contribution in [0.1, 0.15) is 17.0 Å². The second kappa shape index (κ2) is 8.75. The summed E-state index contributed by atoms with van der Waals surface area (Å²) in [7, 11) is 0. The van der Waals surface area contributed by atoms with Crippen LogP contribution in [0.25, 0.3) is 17.5 Å². The quantitative estimate of drug-likeness (QED) is 0.501. The van der Waals surface area contributed by atoms with Crippen molar-refractivity contribution < 1.29 is 9.32 Å². The van der Waals surface area contributed by atoms with Crippen LogP contribution in [0.2, 0.25) is 0 Å². The van der Waals surface area contributed by atoms with Crippen LogP contribution >= 0.6 is 0 Å². The molecule has 1 N–H and O–H groups in total. The van der Waals surface area contributed by atoms with Crippen LogP contribution in [-0.4, -0.2) is 21.0 Å². The van der Waals surface area contributed by atoms with Crippen molar-refractivity contribution in [1.82, 2.24) is 15.1 Å². The van der Waals surface area contributed by atoms with Crippen molar-refractivity contribution in [3.05, 3.63) is 102 Å². The molecule has 0 aliphatic heterocycles. The molecule has 0 spiro atoms. The fraction of sp³-hybridized carbons (Fsp3) is 0.0435. The van der Waals surface area contributed by atoms with E-state index in [0.29, 0.717) is 23.8 Å². The molecular weight excluding hydrogens is 364 g/mol. The Morgan fingerprint density at radius 2 is 1.72 bits per heavy atom. The van der Waals surface area contributed by atoms with Gasteiger partial charge in [-0.3, -0.25) is 9.78 Å². The molecule has 0 bridgehead atoms. The topological polar surface area (TPSA) is 80.9 Å². The van der Waals surface area contributed by atoms with Gasteiger partial charge in [0.15, 0.2) is 0 Å². The summed E-state index contributed by atoms with van der Waals surface area (Å²) >= 11 is 0. The second-order valence-corrected chi connectivity index (χ2v) is 6.31. The molecule has 0 unspecified atom stereocenters. The van der Waals surface area contributed by atoms with Gasteiger partial charge in [0, 0.05) is 29.7 Å². The third-order valence-electron chi connectivity index (χ3n) is 4.25. The van der Waals surface area contributed by atoms with E-state index in [1.807, 2.05) is 66.7 Å². The van der Waals surface area contributed by atoms with E-state index < -0.39 is 0 Å². The molecule has 1 amide bonds. The number of aromatic nitrogens is 3. The van der Waals surface area contributed by atoms with Gasteiger partial charge in [0.1, 0.15) is 0 Å². The van der Waals surface area contributed by atoms with Crippen molar-refractivity contribution in [1.29, 1.82) is 0 Å². The minimum absolute atomic E-state index is 0.204. The normalized spacial score (nSPS) is 10.9. The van der Waals surface area contributed by atoms with Gasteiger partial charge < -0.3 is 9.84 Å². The SMILES string of the molecule is O=C(/C=C/c1ccccc1)Nc1ccccc1Cc1nc(-c2ccncc2)no1. The first kappa shape index (κ1) is 18.3. The Balaban J connectivity index is 1.47. The summed E-state index contributed by atoms with van der Waals surface area (Å²) in [5.74, 6) is 0.775. The van der Waals surface area contributed by atoms with Gasteiger partial charge in [-0.1, -0.05) is 53.7 Å². The van der Waals surface area contributed by atoms with Crippen molar-refractivity contribution >= 4 is 17.7 Å². The van der Waals surface area contributed by atoms with Crippen molar-refractivity contribution in [2.75, 3.05) is 5.32 Å². The molecule has 0 aliphatic rings. The first-order valence-electron chi connectivity index (χ1n) is 9.13. The summed E-state index contributed by atoms with van der Waals surface area (Å²) in [5, 5.41) is 6.94. The van der Waals surface area contributed by atoms with Gasteiger partial charge in [-0.05, 0) is 35.4 Å². The van der Waals surface area contributed by atoms with Gasteiger partial charge in [-0.15, -0.1) is 0 Å². The Hall–Kier alpha value is -4.06. The Bertz CT molecular complexity index is 1120. The van der Waals surface area contributed by atoms with Crippen molar-refractivity contribution in [2.45, 2.75) is 6.42 Å². The van der Waals surface area contributed by atoms with Crippen LogP contribution in [-0.2, 0) is 11.2 Å². The average molecular weight is 382 g/mol. The number of benzene rings is 2. The van der Waals surface area contributed by atoms with Gasteiger partial charge in [0.05, 0.1) is 6.42 Å². The number of amides is 1. The minimum Gasteiger partial charge on any atom is -0.339 e. The van der Waals surface area contributed by atoms with Gasteiger partial charge in [-0.25, -0.2) is 0 Å². The number of nitrogens with one attached hydrogen (secondary N) is 1. The molecule has 2 aromatic carbocycles. The lowest BCUT2D eigenvalue weighted by molar-refractivity contribution is -0.111. The summed E-state index contributed by atoms with van der Waals surface area (Å²) in [6.07, 6.45) is 7.06. The maximum Gasteiger partial charge on any atom is 0.248 e. The summed E-state index contributed by atoms with van der Waals surface area (Å²) in [4.78, 5) is 20.8. The van der Waals surface area contributed by atoms with E-state index in [1.165, 1.54) is 6.08 Å². The zero-order valence-corrected chi connectivity index (χ0v) is 15.5. The number of rotatable bonds is 6. The van der Waals surface area contributed by atoms with Gasteiger partial charge in [0.2, 0.25) is 17.6 Å². The van der Waals surface area contributed by atoms with Crippen LogP contribution in [0.4, 0.5) is 5.69 Å². The number of anilines is 1. The highest BCUT2D eigenvalue weighted by Crippen LogP contribution is 2.21. The lowest BCUT2D eigenvalue weighted by Crippen LogP contribution is -2.10. The van der Waals surface area contributed by atoms with Crippen molar-refractivity contribution in [3.63, 3.8) is 0 Å². The number of pyridine rings is 1. The lowest BCUT2D eigenvalue weighted by Gasteiger charge is -2.08. The average Bonchev–Trinajstić information content (AvgIpc) is 3.24. The third-order valence-corrected chi connectivity index (χ3v) is 4.25. The smallest absolute Gasteiger partial charge is 0.248 e. The molecule has 142 valence electrons. The fourth-order valence-electron chi connectivity index (χ4n) is 2.81. The predicted octanol–water partition coefficient (Wildman–Crippen LogP) is 4.37. The molecule has 0 radical (unpaired) electrons. The summed E-state index contributed by atoms with van der Waals surface area (Å²) < 4.78 is 5.38. The molecule has 2 aromatic heterocycles. The summed E-state index contributed by atoms with van der Waals surface area (Å²) in [6.45, 7) is 0. The summed E-state index contributed by atoms with van der Waals surface area (Å²) in [6, 6.07) is 20.9. The fourth-order valence-corrected chi connectivity index (χ4v) is 2.81. The Morgan fingerprint density at radius 1 is 0.966 bits per heavy atom. The van der Waals surface area contributed by atoms with Crippen LogP contribution < -0.4 is 5.32 Å². The zero-order valence-electron chi connectivity index (χ0n) is 15.5. The number of carbonyl (C=O) groups is 1. The number of hydrogen-bond acceptors (Lipinski definition) is 5. The Labute approximate surface area is 167 Å². The van der Waals surface area contributed by atoms with Crippen LogP contribution in [0.5, 0.6) is 0 Å². The highest BCUT2D eigenvalue weighted by Gasteiger charge is 2.12. The number of carbonyl (C=O) groups excluding carboxylic acids is 1. The molecule has 0 saturated heterocycles. The van der Waals surface area contributed by atoms with Crippen molar-refractivity contribution in [3.8, 4) is 11.4 Å². The molecule has 0 saturated carbocycles. The van der Waals surface area contributed by atoms with E-state index >= 15 is 0 Å². The van der Waals surface area contributed by atoms with E-state index in [1.54, 1.807) is 18.5 Å². The first-order valence-corrected chi connectivity index (χ1v) is 9.13. The highest BCUT2D eigenvalue weighted by molar-refractivity contribution is 6.02. The molecule has 6 nitrogen and oxygen atoms in total. The third kappa shape index (κ3) is 4.81. The predicted molar refractivity (Wildman–Crippen MR) is 111 cm³/mol. The molecule has 29 heavy (non-hydrogen) atoms. The maximum absolute atomic E-state index is 12.3. The van der Waals surface area contributed by atoms with Crippen LogP contribution in [0, 0.1) is 0 Å². The number of nitrogens with zero attached hydrogens (tertiary/aromatic N) is 3. The van der Waals surface area contributed by atoms with E-state index in [4.69, 9.17) is 4.52 Å². The molecule has 0 fully saturated rings. The summed E-state index contributed by atoms with van der Waals surface area (Å²) in [5.41, 5.74) is 3.39. The van der Waals surface area contributed by atoms with Gasteiger partial charge in [-0.2, -0.15) is 4.98 Å². The van der Waals surface area contributed by atoms with E-state index in [-0.39, 0.29) is 5.91 Å².